The Labute approximate surface area is 122 Å². The van der Waals surface area contributed by atoms with Crippen LogP contribution in [0.15, 0.2) is 4.99 Å². The maximum atomic E-state index is 11.7. The highest BCUT2D eigenvalue weighted by Gasteiger charge is 2.13. The van der Waals surface area contributed by atoms with Crippen molar-refractivity contribution in [3.63, 3.8) is 0 Å². The highest BCUT2D eigenvalue weighted by molar-refractivity contribution is 5.85. The van der Waals surface area contributed by atoms with Gasteiger partial charge in [0, 0.05) is 31.8 Å². The van der Waals surface area contributed by atoms with Crippen molar-refractivity contribution in [2.24, 2.45) is 4.99 Å². The monoisotopic (exact) mass is 286 g/mol. The molecule has 0 aromatic carbocycles. The highest BCUT2D eigenvalue weighted by atomic mass is 16.5. The van der Waals surface area contributed by atoms with Crippen molar-refractivity contribution in [1.29, 1.82) is 0 Å². The summed E-state index contributed by atoms with van der Waals surface area (Å²) in [6, 6.07) is 0. The molecule has 0 aliphatic heterocycles. The smallest absolute Gasteiger partial charge is 0.242 e. The Balaban J connectivity index is 4.09. The average Bonchev–Trinajstić information content (AvgIpc) is 2.33. The molecule has 0 aliphatic rings. The third-order valence-electron chi connectivity index (χ3n) is 2.20. The summed E-state index contributed by atoms with van der Waals surface area (Å²) in [5.41, 5.74) is -0.226. The van der Waals surface area contributed by atoms with Crippen molar-refractivity contribution in [2.75, 3.05) is 32.8 Å². The summed E-state index contributed by atoms with van der Waals surface area (Å²) in [5.74, 6) is 0.581. The van der Waals surface area contributed by atoms with Gasteiger partial charge in [-0.2, -0.15) is 0 Å². The Morgan fingerprint density at radius 1 is 1.20 bits per heavy atom. The number of nitrogens with zero attached hydrogens (tertiary/aromatic N) is 1. The van der Waals surface area contributed by atoms with Gasteiger partial charge in [0.2, 0.25) is 5.91 Å². The van der Waals surface area contributed by atoms with Gasteiger partial charge in [-0.1, -0.05) is 0 Å². The molecule has 0 fully saturated rings. The van der Waals surface area contributed by atoms with Gasteiger partial charge in [-0.25, -0.2) is 4.99 Å². The normalized spacial score (nSPS) is 12.2. The zero-order chi connectivity index (χ0) is 15.4. The predicted molar refractivity (Wildman–Crippen MR) is 83.0 cm³/mol. The second-order valence-corrected chi connectivity index (χ2v) is 5.47. The molecule has 0 unspecified atom stereocenters. The van der Waals surface area contributed by atoms with Crippen molar-refractivity contribution in [2.45, 2.75) is 46.6 Å². The van der Waals surface area contributed by atoms with E-state index in [0.717, 1.165) is 32.7 Å². The van der Waals surface area contributed by atoms with Crippen LogP contribution in [0.3, 0.4) is 0 Å². The Morgan fingerprint density at radius 3 is 2.45 bits per heavy atom. The third kappa shape index (κ3) is 11.8. The van der Waals surface area contributed by atoms with Gasteiger partial charge in [0.05, 0.1) is 0 Å². The van der Waals surface area contributed by atoms with Crippen LogP contribution in [-0.2, 0) is 9.53 Å². The first-order chi connectivity index (χ1) is 9.39. The van der Waals surface area contributed by atoms with Crippen LogP contribution in [-0.4, -0.2) is 50.3 Å². The zero-order valence-electron chi connectivity index (χ0n) is 13.5. The third-order valence-corrected chi connectivity index (χ3v) is 2.20. The maximum Gasteiger partial charge on any atom is 0.242 e. The first kappa shape index (κ1) is 18.7. The summed E-state index contributed by atoms with van der Waals surface area (Å²) in [6.45, 7) is 12.9. The molecule has 0 atom stereocenters. The number of amides is 1. The average molecular weight is 286 g/mol. The van der Waals surface area contributed by atoms with E-state index in [4.69, 9.17) is 4.74 Å². The Bertz CT molecular complexity index is 298. The quantitative estimate of drug-likeness (QED) is 0.352. The fraction of sp³-hybridized carbons (Fsp3) is 0.857. The lowest BCUT2D eigenvalue weighted by atomic mass is 10.1. The number of rotatable bonds is 8. The van der Waals surface area contributed by atoms with Gasteiger partial charge in [-0.3, -0.25) is 4.79 Å². The number of aliphatic imine (C=N–C) groups is 1. The molecule has 6 nitrogen and oxygen atoms in total. The minimum atomic E-state index is -0.226. The molecular weight excluding hydrogens is 256 g/mol. The van der Waals surface area contributed by atoms with Gasteiger partial charge in [0.1, 0.15) is 6.54 Å². The van der Waals surface area contributed by atoms with Gasteiger partial charge in [-0.05, 0) is 41.0 Å². The van der Waals surface area contributed by atoms with E-state index in [1.165, 1.54) is 0 Å². The summed E-state index contributed by atoms with van der Waals surface area (Å²) >= 11 is 0. The molecule has 0 aromatic heterocycles. The van der Waals surface area contributed by atoms with Crippen LogP contribution in [0, 0.1) is 0 Å². The van der Waals surface area contributed by atoms with Crippen molar-refractivity contribution in [1.82, 2.24) is 16.0 Å². The van der Waals surface area contributed by atoms with Crippen LogP contribution in [0.1, 0.15) is 41.0 Å². The van der Waals surface area contributed by atoms with Crippen molar-refractivity contribution in [3.05, 3.63) is 0 Å². The minimum absolute atomic E-state index is 0.0796. The number of hydrogen-bond acceptors (Lipinski definition) is 3. The molecule has 0 rings (SSSR count). The Kier molecular flexibility index (Phi) is 9.80. The van der Waals surface area contributed by atoms with Gasteiger partial charge in [0.25, 0.3) is 0 Å². The van der Waals surface area contributed by atoms with E-state index in [0.29, 0.717) is 5.96 Å². The van der Waals surface area contributed by atoms with Crippen LogP contribution in [0.2, 0.25) is 0 Å². The van der Waals surface area contributed by atoms with E-state index in [2.05, 4.69) is 20.9 Å². The maximum absolute atomic E-state index is 11.7. The number of carbonyl (C=O) groups is 1. The fourth-order valence-electron chi connectivity index (χ4n) is 1.48. The Morgan fingerprint density at radius 2 is 1.90 bits per heavy atom. The Hall–Kier alpha value is -1.30. The molecule has 0 radical (unpaired) electrons. The second-order valence-electron chi connectivity index (χ2n) is 5.47. The van der Waals surface area contributed by atoms with E-state index in [1.54, 1.807) is 0 Å². The molecule has 0 saturated heterocycles. The summed E-state index contributed by atoms with van der Waals surface area (Å²) in [7, 11) is 0. The zero-order valence-corrected chi connectivity index (χ0v) is 13.5. The predicted octanol–water partition coefficient (Wildman–Crippen LogP) is 0.883. The van der Waals surface area contributed by atoms with Gasteiger partial charge in [0.15, 0.2) is 5.96 Å². The molecule has 6 heteroatoms. The molecule has 0 bridgehead atoms. The summed E-state index contributed by atoms with van der Waals surface area (Å²) in [6.07, 6.45) is 0.909. The number of ether oxygens (including phenoxy) is 1. The van der Waals surface area contributed by atoms with E-state index in [-0.39, 0.29) is 18.0 Å². The summed E-state index contributed by atoms with van der Waals surface area (Å²) in [4.78, 5) is 15.9. The molecule has 3 N–H and O–H groups in total. The molecule has 1 amide bonds. The molecule has 20 heavy (non-hydrogen) atoms. The molecule has 0 aromatic rings. The van der Waals surface area contributed by atoms with Gasteiger partial charge in [-0.15, -0.1) is 0 Å². The minimum Gasteiger partial charge on any atom is -0.382 e. The first-order valence-electron chi connectivity index (χ1n) is 7.30. The molecule has 0 heterocycles. The van der Waals surface area contributed by atoms with E-state index in [1.807, 2.05) is 34.6 Å². The number of nitrogens with one attached hydrogen (secondary N) is 3. The molecular formula is C14H30N4O2. The van der Waals surface area contributed by atoms with Crippen molar-refractivity contribution in [3.8, 4) is 0 Å². The van der Waals surface area contributed by atoms with Crippen LogP contribution >= 0.6 is 0 Å². The number of carbonyl (C=O) groups excluding carboxylic acids is 1. The first-order valence-corrected chi connectivity index (χ1v) is 7.30. The lowest BCUT2D eigenvalue weighted by Crippen LogP contribution is -2.43. The largest absolute Gasteiger partial charge is 0.382 e. The summed E-state index contributed by atoms with van der Waals surface area (Å²) in [5, 5.41) is 9.17. The molecule has 0 saturated carbocycles. The van der Waals surface area contributed by atoms with Crippen molar-refractivity contribution >= 4 is 11.9 Å². The number of guanidine groups is 1. The van der Waals surface area contributed by atoms with Gasteiger partial charge >= 0.3 is 0 Å². The lowest BCUT2D eigenvalue weighted by Gasteiger charge is -2.20. The standard InChI is InChI=1S/C14H30N4O2/c1-6-15-13(16-9-8-10-20-7-2)17-11-12(19)18-14(3,4)5/h6-11H2,1-5H3,(H,18,19)(H2,15,16,17). The summed E-state index contributed by atoms with van der Waals surface area (Å²) < 4.78 is 5.26. The van der Waals surface area contributed by atoms with E-state index >= 15 is 0 Å². The second kappa shape index (κ2) is 10.5. The lowest BCUT2D eigenvalue weighted by molar-refractivity contribution is -0.121. The van der Waals surface area contributed by atoms with Crippen LogP contribution < -0.4 is 16.0 Å². The van der Waals surface area contributed by atoms with Crippen molar-refractivity contribution < 1.29 is 9.53 Å². The number of hydrogen-bond donors (Lipinski definition) is 3. The van der Waals surface area contributed by atoms with Crippen LogP contribution in [0.5, 0.6) is 0 Å². The van der Waals surface area contributed by atoms with E-state index < -0.39 is 0 Å². The van der Waals surface area contributed by atoms with Gasteiger partial charge < -0.3 is 20.7 Å². The van der Waals surface area contributed by atoms with E-state index in [9.17, 15) is 4.79 Å². The SMILES string of the molecule is CCNC(=NCC(=O)NC(C)(C)C)NCCCOCC. The van der Waals surface area contributed by atoms with Crippen LogP contribution in [0.4, 0.5) is 0 Å². The highest BCUT2D eigenvalue weighted by Crippen LogP contribution is 1.97. The topological polar surface area (TPSA) is 74.8 Å². The fourth-order valence-corrected chi connectivity index (χ4v) is 1.48. The molecule has 0 spiro atoms. The van der Waals surface area contributed by atoms with Crippen LogP contribution in [0.25, 0.3) is 0 Å². The molecule has 118 valence electrons. The molecule has 0 aliphatic carbocycles.